The molecule has 0 fully saturated rings. The molecule has 5 heteroatoms. The fourth-order valence-corrected chi connectivity index (χ4v) is 3.48. The van der Waals surface area contributed by atoms with Gasteiger partial charge < -0.3 is 5.11 Å². The van der Waals surface area contributed by atoms with Gasteiger partial charge in [-0.15, -0.1) is 0 Å². The van der Waals surface area contributed by atoms with Crippen LogP contribution in [0.3, 0.4) is 0 Å². The van der Waals surface area contributed by atoms with Crippen LogP contribution in [-0.2, 0) is 14.6 Å². The van der Waals surface area contributed by atoms with Crippen LogP contribution in [0.25, 0.3) is 6.08 Å². The maximum atomic E-state index is 12.0. The molecule has 1 aromatic carbocycles. The standard InChI is InChI=1S/C11H10O4S/c1-7(11(12)13)10-6-8-4-2-3-5-9(8)16(10,14)15/h2-7H,1H3,(H,12,13). The molecule has 1 N–H and O–H groups in total. The van der Waals surface area contributed by atoms with Gasteiger partial charge in [0.1, 0.15) is 0 Å². The Morgan fingerprint density at radius 1 is 1.31 bits per heavy atom. The number of benzene rings is 1. The molecule has 1 atom stereocenters. The van der Waals surface area contributed by atoms with Gasteiger partial charge in [-0.3, -0.25) is 4.79 Å². The minimum Gasteiger partial charge on any atom is -0.481 e. The highest BCUT2D eigenvalue weighted by Gasteiger charge is 2.35. The number of hydrogen-bond donors (Lipinski definition) is 1. The van der Waals surface area contributed by atoms with Crippen molar-refractivity contribution >= 4 is 21.9 Å². The van der Waals surface area contributed by atoms with Gasteiger partial charge in [-0.25, -0.2) is 8.42 Å². The summed E-state index contributed by atoms with van der Waals surface area (Å²) >= 11 is 0. The van der Waals surface area contributed by atoms with E-state index in [9.17, 15) is 13.2 Å². The van der Waals surface area contributed by atoms with E-state index < -0.39 is 21.7 Å². The smallest absolute Gasteiger partial charge is 0.311 e. The van der Waals surface area contributed by atoms with Crippen molar-refractivity contribution in [2.24, 2.45) is 5.92 Å². The summed E-state index contributed by atoms with van der Waals surface area (Å²) < 4.78 is 24.0. The van der Waals surface area contributed by atoms with Gasteiger partial charge in [0.25, 0.3) is 0 Å². The van der Waals surface area contributed by atoms with E-state index in [1.807, 2.05) is 0 Å². The average Bonchev–Trinajstić information content (AvgIpc) is 2.50. The summed E-state index contributed by atoms with van der Waals surface area (Å²) in [4.78, 5) is 11.0. The Morgan fingerprint density at radius 2 is 1.94 bits per heavy atom. The van der Waals surface area contributed by atoms with Gasteiger partial charge in [0, 0.05) is 0 Å². The molecule has 1 aliphatic heterocycles. The first-order valence-corrected chi connectivity index (χ1v) is 6.21. The highest BCUT2D eigenvalue weighted by molar-refractivity contribution is 7.95. The van der Waals surface area contributed by atoms with Crippen molar-refractivity contribution in [3.63, 3.8) is 0 Å². The van der Waals surface area contributed by atoms with Gasteiger partial charge in [-0.1, -0.05) is 18.2 Å². The number of carboxylic acids is 1. The number of hydrogen-bond acceptors (Lipinski definition) is 3. The molecule has 1 aromatic rings. The van der Waals surface area contributed by atoms with E-state index in [1.54, 1.807) is 18.2 Å². The summed E-state index contributed by atoms with van der Waals surface area (Å²) in [6, 6.07) is 6.50. The summed E-state index contributed by atoms with van der Waals surface area (Å²) in [6.45, 7) is 1.37. The largest absolute Gasteiger partial charge is 0.481 e. The third-order valence-electron chi connectivity index (χ3n) is 2.61. The Kier molecular flexibility index (Phi) is 2.35. The summed E-state index contributed by atoms with van der Waals surface area (Å²) in [5.74, 6) is -2.15. The lowest BCUT2D eigenvalue weighted by molar-refractivity contribution is -0.139. The number of sulfone groups is 1. The molecule has 1 heterocycles. The second kappa shape index (κ2) is 3.45. The van der Waals surface area contributed by atoms with Gasteiger partial charge in [-0.05, 0) is 24.6 Å². The van der Waals surface area contributed by atoms with Crippen LogP contribution in [0.2, 0.25) is 0 Å². The first-order chi connectivity index (χ1) is 7.44. The summed E-state index contributed by atoms with van der Waals surface area (Å²) in [7, 11) is -3.61. The number of carboxylic acid groups (broad SMARTS) is 1. The van der Waals surface area contributed by atoms with E-state index in [1.165, 1.54) is 19.1 Å². The molecule has 0 bridgehead atoms. The van der Waals surface area contributed by atoms with Crippen molar-refractivity contribution in [1.29, 1.82) is 0 Å². The van der Waals surface area contributed by atoms with Crippen molar-refractivity contribution in [2.45, 2.75) is 11.8 Å². The Bertz CT molecular complexity index is 584. The zero-order valence-corrected chi connectivity index (χ0v) is 9.36. The Morgan fingerprint density at radius 3 is 2.50 bits per heavy atom. The molecule has 2 rings (SSSR count). The Hall–Kier alpha value is -1.62. The summed E-state index contributed by atoms with van der Waals surface area (Å²) in [5, 5.41) is 8.85. The summed E-state index contributed by atoms with van der Waals surface area (Å²) in [6.07, 6.45) is 1.43. The predicted molar refractivity (Wildman–Crippen MR) is 58.4 cm³/mol. The number of carbonyl (C=O) groups is 1. The van der Waals surface area contributed by atoms with Gasteiger partial charge >= 0.3 is 5.97 Å². The quantitative estimate of drug-likeness (QED) is 0.848. The van der Waals surface area contributed by atoms with Gasteiger partial charge in [0.2, 0.25) is 9.84 Å². The molecule has 16 heavy (non-hydrogen) atoms. The van der Waals surface area contributed by atoms with Crippen molar-refractivity contribution in [2.75, 3.05) is 0 Å². The number of fused-ring (bicyclic) bond motifs is 1. The first-order valence-electron chi connectivity index (χ1n) is 4.73. The molecule has 0 saturated heterocycles. The van der Waals surface area contributed by atoms with Crippen LogP contribution in [0.4, 0.5) is 0 Å². The van der Waals surface area contributed by atoms with E-state index in [0.29, 0.717) is 5.56 Å². The van der Waals surface area contributed by atoms with Crippen LogP contribution in [0.1, 0.15) is 12.5 Å². The van der Waals surface area contributed by atoms with Crippen LogP contribution in [0.15, 0.2) is 34.1 Å². The fraction of sp³-hybridized carbons (Fsp3) is 0.182. The highest BCUT2D eigenvalue weighted by Crippen LogP contribution is 2.36. The van der Waals surface area contributed by atoms with Gasteiger partial charge in [0.15, 0.2) is 0 Å². The van der Waals surface area contributed by atoms with Gasteiger partial charge in [0.05, 0.1) is 15.7 Å². The van der Waals surface area contributed by atoms with E-state index >= 15 is 0 Å². The van der Waals surface area contributed by atoms with Crippen LogP contribution in [0, 0.1) is 5.92 Å². The predicted octanol–water partition coefficient (Wildman–Crippen LogP) is 1.54. The third-order valence-corrected chi connectivity index (χ3v) is 4.66. The zero-order valence-electron chi connectivity index (χ0n) is 8.54. The number of rotatable bonds is 2. The molecular weight excluding hydrogens is 228 g/mol. The molecule has 0 amide bonds. The number of aliphatic carboxylic acids is 1. The first kappa shape index (κ1) is 10.9. The van der Waals surface area contributed by atoms with Crippen molar-refractivity contribution in [1.82, 2.24) is 0 Å². The topological polar surface area (TPSA) is 71.4 Å². The molecule has 1 aliphatic rings. The van der Waals surface area contributed by atoms with Crippen molar-refractivity contribution in [3.05, 3.63) is 34.7 Å². The molecule has 0 aromatic heterocycles. The second-order valence-corrected chi connectivity index (χ2v) is 5.57. The monoisotopic (exact) mass is 238 g/mol. The highest BCUT2D eigenvalue weighted by atomic mass is 32.2. The molecule has 0 saturated carbocycles. The molecule has 84 valence electrons. The zero-order chi connectivity index (χ0) is 11.9. The molecule has 0 aliphatic carbocycles. The third kappa shape index (κ3) is 1.44. The lowest BCUT2D eigenvalue weighted by atomic mass is 10.1. The van der Waals surface area contributed by atoms with Crippen LogP contribution < -0.4 is 0 Å². The maximum absolute atomic E-state index is 12.0. The van der Waals surface area contributed by atoms with Gasteiger partial charge in [-0.2, -0.15) is 0 Å². The van der Waals surface area contributed by atoms with E-state index in [4.69, 9.17) is 5.11 Å². The maximum Gasteiger partial charge on any atom is 0.311 e. The normalized spacial score (nSPS) is 18.7. The lowest BCUT2D eigenvalue weighted by Gasteiger charge is -2.07. The molecule has 1 unspecified atom stereocenters. The SMILES string of the molecule is CC(C(=O)O)C1=Cc2ccccc2S1(=O)=O. The summed E-state index contributed by atoms with van der Waals surface area (Å²) in [5.41, 5.74) is 0.561. The second-order valence-electron chi connectivity index (χ2n) is 3.65. The van der Waals surface area contributed by atoms with E-state index in [2.05, 4.69) is 0 Å². The Balaban J connectivity index is 2.60. The van der Waals surface area contributed by atoms with Crippen LogP contribution in [-0.4, -0.2) is 19.5 Å². The lowest BCUT2D eigenvalue weighted by Crippen LogP contribution is -2.16. The minimum atomic E-state index is -3.61. The van der Waals surface area contributed by atoms with Crippen LogP contribution in [0.5, 0.6) is 0 Å². The molecule has 0 radical (unpaired) electrons. The molecule has 4 nitrogen and oxygen atoms in total. The van der Waals surface area contributed by atoms with Crippen molar-refractivity contribution in [3.8, 4) is 0 Å². The van der Waals surface area contributed by atoms with Crippen LogP contribution >= 0.6 is 0 Å². The average molecular weight is 238 g/mol. The molecular formula is C11H10O4S. The fourth-order valence-electron chi connectivity index (χ4n) is 1.68. The Labute approximate surface area is 93.1 Å². The molecule has 0 spiro atoms. The van der Waals surface area contributed by atoms with E-state index in [0.717, 1.165) is 0 Å². The minimum absolute atomic E-state index is 0.0406. The van der Waals surface area contributed by atoms with Crippen molar-refractivity contribution < 1.29 is 18.3 Å². The van der Waals surface area contributed by atoms with E-state index in [-0.39, 0.29) is 9.80 Å².